The molecule has 1 aliphatic rings. The first-order chi connectivity index (χ1) is 11.3. The van der Waals surface area contributed by atoms with Gasteiger partial charge < -0.3 is 15.4 Å². The molecule has 0 atom stereocenters. The van der Waals surface area contributed by atoms with Gasteiger partial charge in [-0.1, -0.05) is 36.4 Å². The number of piperidine rings is 1. The zero-order valence-electron chi connectivity index (χ0n) is 13.8. The lowest BCUT2D eigenvalue weighted by molar-refractivity contribution is -0.122. The Morgan fingerprint density at radius 1 is 1.12 bits per heavy atom. The second-order valence-corrected chi connectivity index (χ2v) is 6.02. The quantitative estimate of drug-likeness (QED) is 0.788. The van der Waals surface area contributed by atoms with Gasteiger partial charge in [-0.15, -0.1) is 12.4 Å². The third-order valence-electron chi connectivity index (χ3n) is 4.26. The van der Waals surface area contributed by atoms with Crippen LogP contribution in [0.15, 0.2) is 42.5 Å². The molecule has 0 aliphatic carbocycles. The highest BCUT2D eigenvalue weighted by Gasteiger charge is 2.14. The topological polar surface area (TPSA) is 50.4 Å². The Kier molecular flexibility index (Phi) is 7.35. The van der Waals surface area contributed by atoms with Crippen molar-refractivity contribution in [2.24, 2.45) is 0 Å². The molecule has 1 aliphatic heterocycles. The summed E-state index contributed by atoms with van der Waals surface area (Å²) in [5.41, 5.74) is 0. The number of fused-ring (bicyclic) bond motifs is 1. The second kappa shape index (κ2) is 9.50. The minimum absolute atomic E-state index is 0. The summed E-state index contributed by atoms with van der Waals surface area (Å²) < 4.78 is 5.87. The maximum absolute atomic E-state index is 11.9. The number of carbonyl (C=O) groups excluding carboxylic acids is 1. The number of carbonyl (C=O) groups is 1. The van der Waals surface area contributed by atoms with E-state index in [1.54, 1.807) is 0 Å². The zero-order chi connectivity index (χ0) is 15.9. The molecule has 130 valence electrons. The predicted octanol–water partition coefficient (Wildman–Crippen LogP) is 3.29. The summed E-state index contributed by atoms with van der Waals surface area (Å²) in [6.07, 6.45) is 3.31. The first-order valence-electron chi connectivity index (χ1n) is 8.43. The summed E-state index contributed by atoms with van der Waals surface area (Å²) >= 11 is 0. The van der Waals surface area contributed by atoms with E-state index in [1.165, 1.54) is 5.39 Å². The van der Waals surface area contributed by atoms with Gasteiger partial charge in [0.2, 0.25) is 5.91 Å². The highest BCUT2D eigenvalue weighted by atomic mass is 35.5. The standard InChI is InChI=1S/C19H24N2O2.ClH/c22-19(21-16-10-12-20-13-11-16)9-4-14-23-18-8-3-6-15-5-1-2-7-17(15)18;/h1-3,5-8,16,20H,4,9-14H2,(H,21,22);1H. The monoisotopic (exact) mass is 348 g/mol. The summed E-state index contributed by atoms with van der Waals surface area (Å²) in [5.74, 6) is 1.03. The Labute approximate surface area is 149 Å². The van der Waals surface area contributed by atoms with Crippen LogP contribution in [0.2, 0.25) is 0 Å². The second-order valence-electron chi connectivity index (χ2n) is 6.02. The molecule has 0 aromatic heterocycles. The number of ether oxygens (including phenoxy) is 1. The fourth-order valence-corrected chi connectivity index (χ4v) is 3.00. The number of halogens is 1. The van der Waals surface area contributed by atoms with E-state index in [0.29, 0.717) is 19.1 Å². The van der Waals surface area contributed by atoms with Crippen LogP contribution in [0.3, 0.4) is 0 Å². The van der Waals surface area contributed by atoms with E-state index in [0.717, 1.165) is 43.5 Å². The molecule has 0 spiro atoms. The summed E-state index contributed by atoms with van der Waals surface area (Å²) in [6, 6.07) is 14.6. The normalized spacial score (nSPS) is 14.8. The summed E-state index contributed by atoms with van der Waals surface area (Å²) in [4.78, 5) is 11.9. The Hall–Kier alpha value is -1.78. The minimum Gasteiger partial charge on any atom is -0.493 e. The van der Waals surface area contributed by atoms with E-state index >= 15 is 0 Å². The smallest absolute Gasteiger partial charge is 0.220 e. The lowest BCUT2D eigenvalue weighted by atomic mass is 10.1. The Bertz CT molecular complexity index is 651. The summed E-state index contributed by atoms with van der Waals surface area (Å²) in [7, 11) is 0. The van der Waals surface area contributed by atoms with Crippen molar-refractivity contribution in [3.63, 3.8) is 0 Å². The molecule has 2 N–H and O–H groups in total. The fraction of sp³-hybridized carbons (Fsp3) is 0.421. The lowest BCUT2D eigenvalue weighted by Gasteiger charge is -2.23. The molecule has 0 bridgehead atoms. The first kappa shape index (κ1) is 18.6. The molecule has 3 rings (SSSR count). The molecule has 1 saturated heterocycles. The van der Waals surface area contributed by atoms with Crippen molar-refractivity contribution < 1.29 is 9.53 Å². The maximum Gasteiger partial charge on any atom is 0.220 e. The molecule has 5 heteroatoms. The Balaban J connectivity index is 0.00000208. The van der Waals surface area contributed by atoms with Crippen LogP contribution in [0.25, 0.3) is 10.8 Å². The van der Waals surface area contributed by atoms with Crippen LogP contribution in [-0.4, -0.2) is 31.6 Å². The molecule has 0 saturated carbocycles. The lowest BCUT2D eigenvalue weighted by Crippen LogP contribution is -2.42. The third-order valence-corrected chi connectivity index (χ3v) is 4.26. The van der Waals surface area contributed by atoms with Crippen LogP contribution in [0.1, 0.15) is 25.7 Å². The molecule has 2 aromatic rings. The van der Waals surface area contributed by atoms with Gasteiger partial charge >= 0.3 is 0 Å². The molecule has 1 heterocycles. The number of benzene rings is 2. The van der Waals surface area contributed by atoms with Crippen LogP contribution >= 0.6 is 12.4 Å². The van der Waals surface area contributed by atoms with Gasteiger partial charge in [0.1, 0.15) is 5.75 Å². The van der Waals surface area contributed by atoms with Crippen LogP contribution in [-0.2, 0) is 4.79 Å². The van der Waals surface area contributed by atoms with Crippen molar-refractivity contribution >= 4 is 29.1 Å². The van der Waals surface area contributed by atoms with E-state index in [2.05, 4.69) is 28.8 Å². The summed E-state index contributed by atoms with van der Waals surface area (Å²) in [5, 5.41) is 8.71. The molecule has 4 nitrogen and oxygen atoms in total. The molecule has 1 amide bonds. The predicted molar refractivity (Wildman–Crippen MR) is 100.0 cm³/mol. The molecule has 0 radical (unpaired) electrons. The van der Waals surface area contributed by atoms with E-state index in [1.807, 2.05) is 24.3 Å². The van der Waals surface area contributed by atoms with Crippen LogP contribution in [0.4, 0.5) is 0 Å². The molecule has 2 aromatic carbocycles. The van der Waals surface area contributed by atoms with Crippen molar-refractivity contribution in [2.75, 3.05) is 19.7 Å². The molecular formula is C19H25ClN2O2. The van der Waals surface area contributed by atoms with Gasteiger partial charge in [0.05, 0.1) is 6.61 Å². The molecule has 1 fully saturated rings. The molecule has 0 unspecified atom stereocenters. The van der Waals surface area contributed by atoms with Crippen molar-refractivity contribution in [2.45, 2.75) is 31.7 Å². The van der Waals surface area contributed by atoms with Crippen LogP contribution < -0.4 is 15.4 Å². The van der Waals surface area contributed by atoms with Gasteiger partial charge in [0.15, 0.2) is 0 Å². The zero-order valence-corrected chi connectivity index (χ0v) is 14.6. The molecule has 24 heavy (non-hydrogen) atoms. The van der Waals surface area contributed by atoms with Gasteiger partial charge in [-0.05, 0) is 43.8 Å². The maximum atomic E-state index is 11.9. The average molecular weight is 349 g/mol. The fourth-order valence-electron chi connectivity index (χ4n) is 3.00. The average Bonchev–Trinajstić information content (AvgIpc) is 2.60. The highest BCUT2D eigenvalue weighted by molar-refractivity contribution is 5.88. The summed E-state index contributed by atoms with van der Waals surface area (Å²) in [6.45, 7) is 2.55. The highest BCUT2D eigenvalue weighted by Crippen LogP contribution is 2.25. The van der Waals surface area contributed by atoms with Crippen molar-refractivity contribution in [1.29, 1.82) is 0 Å². The number of nitrogens with one attached hydrogen (secondary N) is 2. The number of rotatable bonds is 6. The van der Waals surface area contributed by atoms with Gasteiger partial charge in [-0.25, -0.2) is 0 Å². The van der Waals surface area contributed by atoms with E-state index < -0.39 is 0 Å². The minimum atomic E-state index is 0. The SMILES string of the molecule is Cl.O=C(CCCOc1cccc2ccccc12)NC1CCNCC1. The number of hydrogen-bond donors (Lipinski definition) is 2. The van der Waals surface area contributed by atoms with Gasteiger partial charge in [0, 0.05) is 17.8 Å². The number of hydrogen-bond acceptors (Lipinski definition) is 3. The Morgan fingerprint density at radius 3 is 2.71 bits per heavy atom. The van der Waals surface area contributed by atoms with E-state index in [4.69, 9.17) is 4.74 Å². The van der Waals surface area contributed by atoms with E-state index in [-0.39, 0.29) is 18.3 Å². The number of amides is 1. The largest absolute Gasteiger partial charge is 0.493 e. The first-order valence-corrected chi connectivity index (χ1v) is 8.43. The van der Waals surface area contributed by atoms with E-state index in [9.17, 15) is 4.79 Å². The van der Waals surface area contributed by atoms with Crippen molar-refractivity contribution in [1.82, 2.24) is 10.6 Å². The van der Waals surface area contributed by atoms with Gasteiger partial charge in [-0.3, -0.25) is 4.79 Å². The van der Waals surface area contributed by atoms with Crippen molar-refractivity contribution in [3.8, 4) is 5.75 Å². The van der Waals surface area contributed by atoms with Crippen molar-refractivity contribution in [3.05, 3.63) is 42.5 Å². The van der Waals surface area contributed by atoms with Gasteiger partial charge in [0.25, 0.3) is 0 Å². The van der Waals surface area contributed by atoms with Crippen LogP contribution in [0, 0.1) is 0 Å². The third kappa shape index (κ3) is 5.11. The van der Waals surface area contributed by atoms with Crippen LogP contribution in [0.5, 0.6) is 5.75 Å². The van der Waals surface area contributed by atoms with Gasteiger partial charge in [-0.2, -0.15) is 0 Å². The molecular weight excluding hydrogens is 324 g/mol. The Morgan fingerprint density at radius 2 is 1.88 bits per heavy atom.